The highest BCUT2D eigenvalue weighted by atomic mass is 16.1. The lowest BCUT2D eigenvalue weighted by atomic mass is 9.57. The summed E-state index contributed by atoms with van der Waals surface area (Å²) in [5.74, 6) is 1.36. The van der Waals surface area contributed by atoms with Gasteiger partial charge in [0.15, 0.2) is 0 Å². The number of hydrogen-bond donors (Lipinski definition) is 2. The maximum atomic E-state index is 12.2. The van der Waals surface area contributed by atoms with Crippen LogP contribution in [0.3, 0.4) is 0 Å². The van der Waals surface area contributed by atoms with E-state index in [1.54, 1.807) is 0 Å². The Kier molecular flexibility index (Phi) is 8.21. The number of likely N-dealkylation sites (tertiary alicyclic amines) is 1. The number of nitrogens with zero attached hydrogens (tertiary/aromatic N) is 1. The van der Waals surface area contributed by atoms with Crippen LogP contribution in [0.4, 0.5) is 0 Å². The fourth-order valence-corrected chi connectivity index (χ4v) is 4.50. The molecular weight excluding hydrogens is 310 g/mol. The van der Waals surface area contributed by atoms with Gasteiger partial charge in [-0.1, -0.05) is 47.0 Å². The van der Waals surface area contributed by atoms with Crippen LogP contribution in [0.1, 0.15) is 72.6 Å². The van der Waals surface area contributed by atoms with Crippen molar-refractivity contribution in [1.82, 2.24) is 15.5 Å². The summed E-state index contributed by atoms with van der Waals surface area (Å²) in [6.45, 7) is 14.6. The van der Waals surface area contributed by atoms with E-state index in [0.29, 0.717) is 23.3 Å². The van der Waals surface area contributed by atoms with Crippen molar-refractivity contribution in [3.05, 3.63) is 0 Å². The number of carbonyl (C=O) groups is 1. The quantitative estimate of drug-likeness (QED) is 0.530. The second kappa shape index (κ2) is 9.91. The number of rotatable bonds is 12. The van der Waals surface area contributed by atoms with Crippen molar-refractivity contribution >= 4 is 5.91 Å². The summed E-state index contributed by atoms with van der Waals surface area (Å²) in [6, 6.07) is 0.596. The lowest BCUT2D eigenvalue weighted by Gasteiger charge is -2.59. The molecule has 2 N–H and O–H groups in total. The molecular formula is C21H41N3O. The molecule has 2 aliphatic rings. The van der Waals surface area contributed by atoms with Crippen molar-refractivity contribution in [2.24, 2.45) is 17.3 Å². The zero-order valence-electron chi connectivity index (χ0n) is 17.1. The van der Waals surface area contributed by atoms with Crippen LogP contribution in [-0.4, -0.2) is 49.6 Å². The summed E-state index contributed by atoms with van der Waals surface area (Å²) in [6.07, 6.45) is 8.46. The summed E-state index contributed by atoms with van der Waals surface area (Å²) in [5.41, 5.74) is 0.501. The van der Waals surface area contributed by atoms with Gasteiger partial charge in [-0.3, -0.25) is 4.79 Å². The highest BCUT2D eigenvalue weighted by Crippen LogP contribution is 2.51. The summed E-state index contributed by atoms with van der Waals surface area (Å²) in [7, 11) is 0. The molecule has 0 aromatic rings. The van der Waals surface area contributed by atoms with E-state index in [2.05, 4.69) is 43.2 Å². The minimum atomic E-state index is 0.295. The summed E-state index contributed by atoms with van der Waals surface area (Å²) in [5, 5.41) is 6.62. The van der Waals surface area contributed by atoms with E-state index in [0.717, 1.165) is 38.3 Å². The molecule has 4 nitrogen and oxygen atoms in total. The van der Waals surface area contributed by atoms with Crippen molar-refractivity contribution in [2.45, 2.75) is 78.7 Å². The van der Waals surface area contributed by atoms with E-state index < -0.39 is 0 Å². The van der Waals surface area contributed by atoms with Crippen LogP contribution in [0, 0.1) is 17.3 Å². The van der Waals surface area contributed by atoms with E-state index in [-0.39, 0.29) is 0 Å². The van der Waals surface area contributed by atoms with E-state index in [9.17, 15) is 4.79 Å². The Morgan fingerprint density at radius 3 is 2.20 bits per heavy atom. The molecule has 1 aliphatic carbocycles. The van der Waals surface area contributed by atoms with Gasteiger partial charge in [-0.15, -0.1) is 0 Å². The van der Waals surface area contributed by atoms with Gasteiger partial charge in [0.2, 0.25) is 5.91 Å². The molecule has 2 rings (SSSR count). The number of amides is 1. The van der Waals surface area contributed by atoms with E-state index in [4.69, 9.17) is 0 Å². The molecule has 1 spiro atoms. The van der Waals surface area contributed by atoms with Crippen LogP contribution in [0.5, 0.6) is 0 Å². The predicted molar refractivity (Wildman–Crippen MR) is 106 cm³/mol. The van der Waals surface area contributed by atoms with Gasteiger partial charge >= 0.3 is 0 Å². The first-order valence-corrected chi connectivity index (χ1v) is 10.6. The summed E-state index contributed by atoms with van der Waals surface area (Å²) < 4.78 is 0. The van der Waals surface area contributed by atoms with Gasteiger partial charge < -0.3 is 15.5 Å². The van der Waals surface area contributed by atoms with Crippen LogP contribution >= 0.6 is 0 Å². The molecule has 146 valence electrons. The lowest BCUT2D eigenvalue weighted by Crippen LogP contribution is -2.64. The lowest BCUT2D eigenvalue weighted by molar-refractivity contribution is -0.145. The molecule has 1 saturated heterocycles. The Balaban J connectivity index is 1.41. The molecule has 0 aromatic carbocycles. The second-order valence-corrected chi connectivity index (χ2v) is 9.34. The van der Waals surface area contributed by atoms with Gasteiger partial charge in [0, 0.05) is 38.1 Å². The summed E-state index contributed by atoms with van der Waals surface area (Å²) >= 11 is 0. The van der Waals surface area contributed by atoms with Gasteiger partial charge in [-0.25, -0.2) is 0 Å². The Morgan fingerprint density at radius 2 is 1.60 bits per heavy atom. The fraction of sp³-hybridized carbons (Fsp3) is 0.952. The molecule has 0 atom stereocenters. The minimum absolute atomic E-state index is 0.295. The molecule has 0 aromatic heterocycles. The smallest absolute Gasteiger partial charge is 0.223 e. The number of unbranched alkanes of at least 4 members (excludes halogenated alkanes) is 4. The van der Waals surface area contributed by atoms with Crippen LogP contribution in [-0.2, 0) is 4.79 Å². The molecule has 0 radical (unpaired) electrons. The molecule has 1 heterocycles. The van der Waals surface area contributed by atoms with Crippen molar-refractivity contribution in [2.75, 3.05) is 32.7 Å². The first-order chi connectivity index (χ1) is 11.9. The monoisotopic (exact) mass is 351 g/mol. The third kappa shape index (κ3) is 6.90. The van der Waals surface area contributed by atoms with E-state index >= 15 is 0 Å². The maximum absolute atomic E-state index is 12.2. The van der Waals surface area contributed by atoms with Crippen LogP contribution in [0.2, 0.25) is 0 Å². The van der Waals surface area contributed by atoms with Crippen molar-refractivity contribution < 1.29 is 4.79 Å². The Bertz CT molecular complexity index is 394. The van der Waals surface area contributed by atoms with Crippen LogP contribution in [0.25, 0.3) is 0 Å². The molecule has 1 amide bonds. The van der Waals surface area contributed by atoms with Gasteiger partial charge in [-0.2, -0.15) is 0 Å². The van der Waals surface area contributed by atoms with Crippen LogP contribution < -0.4 is 10.6 Å². The third-order valence-electron chi connectivity index (χ3n) is 5.68. The topological polar surface area (TPSA) is 44.4 Å². The maximum Gasteiger partial charge on any atom is 0.223 e. The third-order valence-corrected chi connectivity index (χ3v) is 5.68. The summed E-state index contributed by atoms with van der Waals surface area (Å²) in [4.78, 5) is 14.8. The molecule has 2 fully saturated rings. The highest BCUT2D eigenvalue weighted by Gasteiger charge is 2.53. The molecule has 4 heteroatoms. The second-order valence-electron chi connectivity index (χ2n) is 9.34. The van der Waals surface area contributed by atoms with Crippen molar-refractivity contribution in [3.8, 4) is 0 Å². The predicted octanol–water partition coefficient (Wildman–Crippen LogP) is 3.42. The van der Waals surface area contributed by atoms with Crippen LogP contribution in [0.15, 0.2) is 0 Å². The standard InChI is InChI=1S/C21H41N3O/c1-17(2)14-24-15-21(16-24)12-19(13-21)20(25)23-11-9-7-5-6-8-10-22-18(3)4/h17-19,22H,5-16H2,1-4H3,(H,23,25). The van der Waals surface area contributed by atoms with Gasteiger partial charge in [-0.05, 0) is 43.6 Å². The zero-order valence-corrected chi connectivity index (χ0v) is 17.1. The van der Waals surface area contributed by atoms with E-state index in [1.165, 1.54) is 45.3 Å². The van der Waals surface area contributed by atoms with Crippen molar-refractivity contribution in [1.29, 1.82) is 0 Å². The number of nitrogens with one attached hydrogen (secondary N) is 2. The number of hydrogen-bond acceptors (Lipinski definition) is 3. The Labute approximate surface area is 155 Å². The normalized spacial score (nSPS) is 20.1. The van der Waals surface area contributed by atoms with Crippen molar-refractivity contribution in [3.63, 3.8) is 0 Å². The molecule has 0 unspecified atom stereocenters. The average Bonchev–Trinajstić information content (AvgIpc) is 2.45. The molecule has 1 aliphatic heterocycles. The Hall–Kier alpha value is -0.610. The van der Waals surface area contributed by atoms with Gasteiger partial charge in [0.05, 0.1) is 0 Å². The molecule has 1 saturated carbocycles. The first-order valence-electron chi connectivity index (χ1n) is 10.6. The largest absolute Gasteiger partial charge is 0.356 e. The molecule has 0 bridgehead atoms. The fourth-order valence-electron chi connectivity index (χ4n) is 4.50. The first kappa shape index (κ1) is 20.7. The number of carbonyl (C=O) groups excluding carboxylic acids is 1. The SMILES string of the molecule is CC(C)CN1CC2(CC(C(=O)NCCCCCCCNC(C)C)C2)C1. The molecule has 25 heavy (non-hydrogen) atoms. The van der Waals surface area contributed by atoms with Gasteiger partial charge in [0.1, 0.15) is 0 Å². The average molecular weight is 352 g/mol. The van der Waals surface area contributed by atoms with Gasteiger partial charge in [0.25, 0.3) is 0 Å². The Morgan fingerprint density at radius 1 is 1.00 bits per heavy atom. The highest BCUT2D eigenvalue weighted by molar-refractivity contribution is 5.79. The van der Waals surface area contributed by atoms with E-state index in [1.807, 2.05) is 0 Å². The zero-order chi connectivity index (χ0) is 18.3. The minimum Gasteiger partial charge on any atom is -0.356 e.